The number of aromatic nitrogens is 2. The van der Waals surface area contributed by atoms with Gasteiger partial charge in [-0.1, -0.05) is 6.07 Å². The number of benzene rings is 3. The van der Waals surface area contributed by atoms with Gasteiger partial charge in [-0.15, -0.1) is 0 Å². The molecule has 0 unspecified atom stereocenters. The average molecular weight is 347 g/mol. The molecule has 4 aromatic rings. The van der Waals surface area contributed by atoms with Crippen molar-refractivity contribution in [2.24, 2.45) is 0 Å². The Hall–Kier alpha value is -3.67. The highest BCUT2D eigenvalue weighted by atomic mass is 19.1. The minimum Gasteiger partial charge on any atom is -0.508 e. The fourth-order valence-electron chi connectivity index (χ4n) is 2.77. The maximum Gasteiger partial charge on any atom is 0.255 e. The topological polar surface area (TPSA) is 78.0 Å². The third-order valence-corrected chi connectivity index (χ3v) is 4.05. The first kappa shape index (κ1) is 15.8. The largest absolute Gasteiger partial charge is 0.508 e. The summed E-state index contributed by atoms with van der Waals surface area (Å²) in [6, 6.07) is 17.6. The SMILES string of the molecule is O=C(Nc1ccc2[nH]nc(-c3ccc(F)cc3)c2c1)c1cccc(O)c1. The van der Waals surface area contributed by atoms with E-state index in [0.717, 1.165) is 16.5 Å². The summed E-state index contributed by atoms with van der Waals surface area (Å²) < 4.78 is 13.1. The first-order valence-corrected chi connectivity index (χ1v) is 7.94. The van der Waals surface area contributed by atoms with Gasteiger partial charge in [-0.3, -0.25) is 9.89 Å². The highest BCUT2D eigenvalue weighted by Gasteiger charge is 2.11. The van der Waals surface area contributed by atoms with Gasteiger partial charge in [-0.2, -0.15) is 5.10 Å². The second-order valence-electron chi connectivity index (χ2n) is 5.84. The number of H-pyrrole nitrogens is 1. The number of halogens is 1. The quantitative estimate of drug-likeness (QED) is 0.516. The van der Waals surface area contributed by atoms with Crippen LogP contribution >= 0.6 is 0 Å². The van der Waals surface area contributed by atoms with Crippen molar-refractivity contribution in [3.05, 3.63) is 78.1 Å². The number of nitrogens with one attached hydrogen (secondary N) is 2. The molecular weight excluding hydrogens is 333 g/mol. The number of phenols is 1. The van der Waals surface area contributed by atoms with Crippen molar-refractivity contribution in [2.75, 3.05) is 5.32 Å². The van der Waals surface area contributed by atoms with Crippen molar-refractivity contribution in [2.45, 2.75) is 0 Å². The van der Waals surface area contributed by atoms with Gasteiger partial charge in [-0.25, -0.2) is 4.39 Å². The van der Waals surface area contributed by atoms with Crippen molar-refractivity contribution in [1.82, 2.24) is 10.2 Å². The van der Waals surface area contributed by atoms with Gasteiger partial charge in [0.1, 0.15) is 11.6 Å². The number of hydrogen-bond acceptors (Lipinski definition) is 3. The first-order chi connectivity index (χ1) is 12.6. The van der Waals surface area contributed by atoms with E-state index in [2.05, 4.69) is 15.5 Å². The molecule has 1 heterocycles. The molecule has 0 aliphatic carbocycles. The van der Waals surface area contributed by atoms with E-state index in [1.165, 1.54) is 24.3 Å². The molecule has 128 valence electrons. The number of anilines is 1. The predicted octanol–water partition coefficient (Wildman–Crippen LogP) is 4.33. The van der Waals surface area contributed by atoms with Crippen LogP contribution in [-0.4, -0.2) is 21.2 Å². The molecule has 0 atom stereocenters. The van der Waals surface area contributed by atoms with E-state index in [-0.39, 0.29) is 17.5 Å². The van der Waals surface area contributed by atoms with E-state index >= 15 is 0 Å². The van der Waals surface area contributed by atoms with Gasteiger partial charge in [0.25, 0.3) is 5.91 Å². The van der Waals surface area contributed by atoms with Crippen LogP contribution in [0.1, 0.15) is 10.4 Å². The Morgan fingerprint density at radius 2 is 1.85 bits per heavy atom. The molecule has 6 heteroatoms. The van der Waals surface area contributed by atoms with Crippen LogP contribution in [0.4, 0.5) is 10.1 Å². The zero-order valence-electron chi connectivity index (χ0n) is 13.5. The number of nitrogens with zero attached hydrogens (tertiary/aromatic N) is 1. The molecule has 3 N–H and O–H groups in total. The Kier molecular flexibility index (Phi) is 3.85. The van der Waals surface area contributed by atoms with Gasteiger partial charge >= 0.3 is 0 Å². The zero-order chi connectivity index (χ0) is 18.1. The van der Waals surface area contributed by atoms with Gasteiger partial charge in [0.05, 0.1) is 11.2 Å². The number of carbonyl (C=O) groups excluding carboxylic acids is 1. The number of aromatic amines is 1. The molecule has 0 saturated carbocycles. The molecule has 3 aromatic carbocycles. The zero-order valence-corrected chi connectivity index (χ0v) is 13.5. The molecular formula is C20H14FN3O2. The van der Waals surface area contributed by atoms with E-state index in [1.54, 1.807) is 36.4 Å². The lowest BCUT2D eigenvalue weighted by Gasteiger charge is -2.06. The Morgan fingerprint density at radius 1 is 1.04 bits per heavy atom. The molecule has 0 aliphatic heterocycles. The maximum atomic E-state index is 13.1. The van der Waals surface area contributed by atoms with Crippen LogP contribution < -0.4 is 5.32 Å². The molecule has 5 nitrogen and oxygen atoms in total. The lowest BCUT2D eigenvalue weighted by Crippen LogP contribution is -2.11. The standard InChI is InChI=1S/C20H14FN3O2/c21-14-6-4-12(5-7-14)19-17-11-15(8-9-18(17)23-24-19)22-20(26)13-2-1-3-16(25)10-13/h1-11,25H,(H,22,26)(H,23,24). The minimum atomic E-state index is -0.327. The molecule has 4 rings (SSSR count). The summed E-state index contributed by atoms with van der Waals surface area (Å²) in [4.78, 5) is 12.3. The molecule has 1 aromatic heterocycles. The number of hydrogen-bond donors (Lipinski definition) is 3. The molecule has 0 aliphatic rings. The van der Waals surface area contributed by atoms with E-state index in [1.807, 2.05) is 6.07 Å². The minimum absolute atomic E-state index is 0.0292. The molecule has 0 radical (unpaired) electrons. The van der Waals surface area contributed by atoms with Crippen LogP contribution in [-0.2, 0) is 0 Å². The molecule has 0 fully saturated rings. The summed E-state index contributed by atoms with van der Waals surface area (Å²) in [5.74, 6) is -0.610. The second kappa shape index (κ2) is 6.33. The van der Waals surface area contributed by atoms with Crippen molar-refractivity contribution in [3.8, 4) is 17.0 Å². The van der Waals surface area contributed by atoms with Gasteiger partial charge < -0.3 is 10.4 Å². The lowest BCUT2D eigenvalue weighted by atomic mass is 10.1. The molecule has 0 spiro atoms. The van der Waals surface area contributed by atoms with E-state index in [4.69, 9.17) is 0 Å². The highest BCUT2D eigenvalue weighted by Crippen LogP contribution is 2.28. The predicted molar refractivity (Wildman–Crippen MR) is 97.5 cm³/mol. The van der Waals surface area contributed by atoms with Crippen LogP contribution in [0.5, 0.6) is 5.75 Å². The smallest absolute Gasteiger partial charge is 0.255 e. The van der Waals surface area contributed by atoms with Crippen LogP contribution in [0.3, 0.4) is 0 Å². The van der Waals surface area contributed by atoms with E-state index in [0.29, 0.717) is 16.9 Å². The monoisotopic (exact) mass is 347 g/mol. The Labute approximate surface area is 148 Å². The van der Waals surface area contributed by atoms with Crippen LogP contribution in [0, 0.1) is 5.82 Å². The van der Waals surface area contributed by atoms with Crippen molar-refractivity contribution >= 4 is 22.5 Å². The molecule has 26 heavy (non-hydrogen) atoms. The van der Waals surface area contributed by atoms with Gasteiger partial charge in [0, 0.05) is 22.2 Å². The molecule has 0 saturated heterocycles. The summed E-state index contributed by atoms with van der Waals surface area (Å²) >= 11 is 0. The van der Waals surface area contributed by atoms with E-state index in [9.17, 15) is 14.3 Å². The van der Waals surface area contributed by atoms with Crippen molar-refractivity contribution in [3.63, 3.8) is 0 Å². The summed E-state index contributed by atoms with van der Waals surface area (Å²) in [5, 5.41) is 20.3. The summed E-state index contributed by atoms with van der Waals surface area (Å²) in [5.41, 5.74) is 3.20. The van der Waals surface area contributed by atoms with Crippen LogP contribution in [0.2, 0.25) is 0 Å². The number of rotatable bonds is 3. The Morgan fingerprint density at radius 3 is 2.62 bits per heavy atom. The van der Waals surface area contributed by atoms with Gasteiger partial charge in [0.2, 0.25) is 0 Å². The normalized spacial score (nSPS) is 10.8. The fourth-order valence-corrected chi connectivity index (χ4v) is 2.77. The number of aromatic hydroxyl groups is 1. The van der Waals surface area contributed by atoms with Gasteiger partial charge in [-0.05, 0) is 60.7 Å². The van der Waals surface area contributed by atoms with Crippen molar-refractivity contribution in [1.29, 1.82) is 0 Å². The summed E-state index contributed by atoms with van der Waals surface area (Å²) in [6.07, 6.45) is 0. The second-order valence-corrected chi connectivity index (χ2v) is 5.84. The number of amides is 1. The van der Waals surface area contributed by atoms with Crippen LogP contribution in [0.15, 0.2) is 66.7 Å². The average Bonchev–Trinajstić information content (AvgIpc) is 3.05. The van der Waals surface area contributed by atoms with Gasteiger partial charge in [0.15, 0.2) is 0 Å². The third kappa shape index (κ3) is 3.00. The summed E-state index contributed by atoms with van der Waals surface area (Å²) in [7, 11) is 0. The Balaban J connectivity index is 1.68. The van der Waals surface area contributed by atoms with E-state index < -0.39 is 0 Å². The molecule has 0 bridgehead atoms. The third-order valence-electron chi connectivity index (χ3n) is 4.05. The maximum absolute atomic E-state index is 13.1. The lowest BCUT2D eigenvalue weighted by molar-refractivity contribution is 0.102. The highest BCUT2D eigenvalue weighted by molar-refractivity contribution is 6.06. The molecule has 1 amide bonds. The Bertz CT molecular complexity index is 1100. The van der Waals surface area contributed by atoms with Crippen LogP contribution in [0.25, 0.3) is 22.2 Å². The summed E-state index contributed by atoms with van der Waals surface area (Å²) in [6.45, 7) is 0. The van der Waals surface area contributed by atoms with Crippen molar-refractivity contribution < 1.29 is 14.3 Å². The number of phenolic OH excluding ortho intramolecular Hbond substituents is 1. The number of carbonyl (C=O) groups is 1. The first-order valence-electron chi connectivity index (χ1n) is 7.94. The fraction of sp³-hybridized carbons (Fsp3) is 0. The number of fused-ring (bicyclic) bond motifs is 1.